The Hall–Kier alpha value is -4.52. The highest BCUT2D eigenvalue weighted by Gasteiger charge is 2.27. The third kappa shape index (κ3) is 4.23. The lowest BCUT2D eigenvalue weighted by Crippen LogP contribution is -2.40. The van der Waals surface area contributed by atoms with Crippen molar-refractivity contribution in [3.8, 4) is 11.8 Å². The van der Waals surface area contributed by atoms with Gasteiger partial charge in [-0.2, -0.15) is 10.2 Å². The molecule has 0 bridgehead atoms. The van der Waals surface area contributed by atoms with Gasteiger partial charge in [0.05, 0.1) is 29.7 Å². The first-order valence-corrected chi connectivity index (χ1v) is 11.0. The van der Waals surface area contributed by atoms with E-state index in [1.54, 1.807) is 17.3 Å². The van der Waals surface area contributed by atoms with E-state index in [2.05, 4.69) is 38.5 Å². The zero-order valence-electron chi connectivity index (χ0n) is 18.5. The van der Waals surface area contributed by atoms with Gasteiger partial charge in [-0.05, 0) is 36.5 Å². The number of piperidine rings is 1. The summed E-state index contributed by atoms with van der Waals surface area (Å²) in [4.78, 5) is 26.6. The van der Waals surface area contributed by atoms with Crippen LogP contribution in [0.5, 0.6) is 0 Å². The van der Waals surface area contributed by atoms with Crippen molar-refractivity contribution in [2.45, 2.75) is 25.4 Å². The van der Waals surface area contributed by atoms with Gasteiger partial charge in [0, 0.05) is 31.7 Å². The van der Waals surface area contributed by atoms with E-state index in [-0.39, 0.29) is 11.9 Å². The Bertz CT molecular complexity index is 1410. The first kappa shape index (κ1) is 21.3. The van der Waals surface area contributed by atoms with Crippen LogP contribution in [-0.4, -0.2) is 58.4 Å². The molecule has 1 unspecified atom stereocenters. The molecule has 1 saturated heterocycles. The number of nitrogen functional groups attached to an aromatic ring is 1. The van der Waals surface area contributed by atoms with Crippen LogP contribution < -0.4 is 5.73 Å². The summed E-state index contributed by atoms with van der Waals surface area (Å²) in [6.45, 7) is 5.43. The van der Waals surface area contributed by atoms with Gasteiger partial charge >= 0.3 is 0 Å². The van der Waals surface area contributed by atoms with Crippen LogP contribution in [0.25, 0.3) is 11.0 Å². The van der Waals surface area contributed by atoms with Crippen LogP contribution in [0.2, 0.25) is 0 Å². The molecule has 0 spiro atoms. The average Bonchev–Trinajstić information content (AvgIpc) is 3.48. The summed E-state index contributed by atoms with van der Waals surface area (Å²) < 4.78 is 3.63. The van der Waals surface area contributed by atoms with Crippen molar-refractivity contribution in [2.75, 3.05) is 18.8 Å². The van der Waals surface area contributed by atoms with E-state index in [0.717, 1.165) is 24.0 Å². The van der Waals surface area contributed by atoms with Gasteiger partial charge < -0.3 is 10.6 Å². The first-order chi connectivity index (χ1) is 16.6. The number of nitrogens with zero attached hydrogens (tertiary/aromatic N) is 8. The topological polar surface area (TPSA) is 121 Å². The smallest absolute Gasteiger partial charge is 0.246 e. The Balaban J connectivity index is 1.45. The molecule has 1 fully saturated rings. The van der Waals surface area contributed by atoms with Gasteiger partial charge in [0.25, 0.3) is 0 Å². The zero-order chi connectivity index (χ0) is 23.5. The van der Waals surface area contributed by atoms with Crippen molar-refractivity contribution in [3.63, 3.8) is 0 Å². The predicted molar refractivity (Wildman–Crippen MR) is 126 cm³/mol. The molecule has 1 amide bonds. The summed E-state index contributed by atoms with van der Waals surface area (Å²) in [6, 6.07) is 3.86. The molecule has 0 aliphatic carbocycles. The molecule has 5 rings (SSSR count). The van der Waals surface area contributed by atoms with Crippen molar-refractivity contribution >= 4 is 22.8 Å². The number of carbonyl (C=O) groups excluding carboxylic acids is 1. The third-order valence-electron chi connectivity index (χ3n) is 5.77. The number of fused-ring (bicyclic) bond motifs is 1. The highest BCUT2D eigenvalue weighted by Crippen LogP contribution is 2.28. The summed E-state index contributed by atoms with van der Waals surface area (Å²) >= 11 is 0. The summed E-state index contributed by atoms with van der Waals surface area (Å²) in [5, 5.41) is 9.74. The van der Waals surface area contributed by atoms with Gasteiger partial charge in [0.1, 0.15) is 17.8 Å². The number of anilines is 1. The Morgan fingerprint density at radius 1 is 1.29 bits per heavy atom. The average molecular weight is 454 g/mol. The molecule has 34 heavy (non-hydrogen) atoms. The molecular weight excluding hydrogens is 430 g/mol. The lowest BCUT2D eigenvalue weighted by atomic mass is 10.1. The van der Waals surface area contributed by atoms with Crippen LogP contribution >= 0.6 is 0 Å². The van der Waals surface area contributed by atoms with Gasteiger partial charge in [-0.15, -0.1) is 0 Å². The Kier molecular flexibility index (Phi) is 5.74. The van der Waals surface area contributed by atoms with E-state index >= 15 is 0 Å². The van der Waals surface area contributed by atoms with Crippen LogP contribution in [0.3, 0.4) is 0 Å². The van der Waals surface area contributed by atoms with Crippen molar-refractivity contribution in [1.29, 1.82) is 0 Å². The first-order valence-electron chi connectivity index (χ1n) is 11.0. The standard InChI is InChI=1S/C24H23N9O/c1-2-21(34)31-10-4-6-19(15-31)33-24-22(23(25)27-16-28-24)20(30-33)8-7-18-12-29-32(14-18)13-17-5-3-9-26-11-17/h2-3,5,9,11-12,14,16,19H,1,4,6,10,13,15H2,(H2,25,27,28). The molecule has 0 saturated carbocycles. The lowest BCUT2D eigenvalue weighted by Gasteiger charge is -2.32. The summed E-state index contributed by atoms with van der Waals surface area (Å²) in [6.07, 6.45) is 11.6. The monoisotopic (exact) mass is 453 g/mol. The maximum absolute atomic E-state index is 12.1. The summed E-state index contributed by atoms with van der Waals surface area (Å²) in [7, 11) is 0. The quantitative estimate of drug-likeness (QED) is 0.369. The molecule has 0 radical (unpaired) electrons. The SMILES string of the molecule is C=CC(=O)N1CCCC(n2nc(C#Cc3cnn(Cc4cccnc4)c3)c3c(N)ncnc32)C1. The zero-order valence-corrected chi connectivity index (χ0v) is 18.5. The van der Waals surface area contributed by atoms with Crippen molar-refractivity contribution < 1.29 is 4.79 Å². The molecule has 1 aliphatic heterocycles. The van der Waals surface area contributed by atoms with Gasteiger partial charge in [-0.1, -0.05) is 18.6 Å². The number of nitrogens with two attached hydrogens (primary N) is 1. The predicted octanol–water partition coefficient (Wildman–Crippen LogP) is 1.80. The van der Waals surface area contributed by atoms with E-state index in [1.165, 1.54) is 12.4 Å². The second-order valence-electron chi connectivity index (χ2n) is 8.07. The Morgan fingerprint density at radius 3 is 3.03 bits per heavy atom. The number of hydrogen-bond acceptors (Lipinski definition) is 7. The maximum atomic E-state index is 12.1. The largest absolute Gasteiger partial charge is 0.383 e. The van der Waals surface area contributed by atoms with Crippen molar-refractivity contribution in [1.82, 2.24) is 39.4 Å². The molecular formula is C24H23N9O. The fourth-order valence-electron chi connectivity index (χ4n) is 4.15. The fraction of sp³-hybridized carbons (Fsp3) is 0.250. The number of aromatic nitrogens is 7. The van der Waals surface area contributed by atoms with Crippen molar-refractivity contribution in [3.05, 3.63) is 72.7 Å². The normalized spacial score (nSPS) is 15.6. The minimum absolute atomic E-state index is 0.0350. The fourth-order valence-corrected chi connectivity index (χ4v) is 4.15. The van der Waals surface area contributed by atoms with Crippen molar-refractivity contribution in [2.24, 2.45) is 0 Å². The van der Waals surface area contributed by atoms with Gasteiger partial charge in [0.15, 0.2) is 5.65 Å². The number of amides is 1. The maximum Gasteiger partial charge on any atom is 0.246 e. The minimum atomic E-state index is -0.0846. The van der Waals surface area contributed by atoms with E-state index in [9.17, 15) is 4.79 Å². The number of pyridine rings is 1. The van der Waals surface area contributed by atoms with E-state index < -0.39 is 0 Å². The summed E-state index contributed by atoms with van der Waals surface area (Å²) in [5.41, 5.74) is 9.10. The summed E-state index contributed by atoms with van der Waals surface area (Å²) in [5.74, 6) is 6.48. The van der Waals surface area contributed by atoms with Gasteiger partial charge in [0.2, 0.25) is 5.91 Å². The Labute approximate surface area is 196 Å². The van der Waals surface area contributed by atoms with E-state index in [4.69, 9.17) is 10.8 Å². The molecule has 10 heteroatoms. The van der Waals surface area contributed by atoms with E-state index in [1.807, 2.05) is 33.9 Å². The second-order valence-corrected chi connectivity index (χ2v) is 8.07. The molecule has 1 aliphatic rings. The molecule has 5 heterocycles. The highest BCUT2D eigenvalue weighted by molar-refractivity contribution is 5.90. The lowest BCUT2D eigenvalue weighted by molar-refractivity contribution is -0.127. The third-order valence-corrected chi connectivity index (χ3v) is 5.77. The minimum Gasteiger partial charge on any atom is -0.383 e. The van der Waals surface area contributed by atoms with E-state index in [0.29, 0.717) is 42.2 Å². The molecule has 4 aromatic heterocycles. The van der Waals surface area contributed by atoms with Crippen LogP contribution in [0.1, 0.15) is 35.7 Å². The molecule has 10 nitrogen and oxygen atoms in total. The number of carbonyl (C=O) groups is 1. The van der Waals surface area contributed by atoms with Gasteiger partial charge in [-0.25, -0.2) is 14.6 Å². The molecule has 2 N–H and O–H groups in total. The van der Waals surface area contributed by atoms with Crippen LogP contribution in [-0.2, 0) is 11.3 Å². The number of hydrogen-bond donors (Lipinski definition) is 1. The van der Waals surface area contributed by atoms with Crippen LogP contribution in [0, 0.1) is 11.8 Å². The second kappa shape index (κ2) is 9.15. The Morgan fingerprint density at radius 2 is 2.21 bits per heavy atom. The number of rotatable bonds is 4. The highest BCUT2D eigenvalue weighted by atomic mass is 16.2. The molecule has 0 aromatic carbocycles. The van der Waals surface area contributed by atoms with Crippen LogP contribution in [0.15, 0.2) is 55.9 Å². The number of likely N-dealkylation sites (tertiary alicyclic amines) is 1. The molecule has 1 atom stereocenters. The van der Waals surface area contributed by atoms with Crippen LogP contribution in [0.4, 0.5) is 5.82 Å². The molecule has 4 aromatic rings. The van der Waals surface area contributed by atoms with Gasteiger partial charge in [-0.3, -0.25) is 14.5 Å². The molecule has 170 valence electrons.